The molecule has 5 nitrogen and oxygen atoms in total. The molecule has 30 heavy (non-hydrogen) atoms. The van der Waals surface area contributed by atoms with Crippen LogP contribution in [0.15, 0.2) is 66.3 Å². The largest absolute Gasteiger partial charge is 0.325 e. The molecule has 2 aromatic carbocycles. The minimum Gasteiger partial charge on any atom is -0.325 e. The number of anilines is 1. The van der Waals surface area contributed by atoms with E-state index in [4.69, 9.17) is 0 Å². The lowest BCUT2D eigenvalue weighted by atomic mass is 9.86. The van der Waals surface area contributed by atoms with Crippen molar-refractivity contribution >= 4 is 23.4 Å². The standard InChI is InChI=1S/C24H28N4OS/c1-6-15-28-22(18-13-11-17(2)12-14-18)26-27-23(28)30-16-21(29)25-20-10-8-7-9-19(20)24(3,4)5/h6-14H,1,15-16H2,2-5H3,(H,25,29). The lowest BCUT2D eigenvalue weighted by Crippen LogP contribution is -2.20. The molecule has 0 bridgehead atoms. The lowest BCUT2D eigenvalue weighted by molar-refractivity contribution is -0.113. The van der Waals surface area contributed by atoms with Gasteiger partial charge >= 0.3 is 0 Å². The highest BCUT2D eigenvalue weighted by molar-refractivity contribution is 7.99. The first kappa shape index (κ1) is 21.8. The molecule has 1 N–H and O–H groups in total. The van der Waals surface area contributed by atoms with Crippen LogP contribution < -0.4 is 5.32 Å². The monoisotopic (exact) mass is 420 g/mol. The molecule has 0 fully saturated rings. The SMILES string of the molecule is C=CCn1c(SCC(=O)Nc2ccccc2C(C)(C)C)nnc1-c1ccc(C)cc1. The highest BCUT2D eigenvalue weighted by Crippen LogP contribution is 2.30. The van der Waals surface area contributed by atoms with E-state index in [0.29, 0.717) is 11.7 Å². The van der Waals surface area contributed by atoms with E-state index < -0.39 is 0 Å². The number of carbonyl (C=O) groups is 1. The molecular weight excluding hydrogens is 392 g/mol. The summed E-state index contributed by atoms with van der Waals surface area (Å²) in [7, 11) is 0. The highest BCUT2D eigenvalue weighted by atomic mass is 32.2. The summed E-state index contributed by atoms with van der Waals surface area (Å²) in [5.74, 6) is 0.958. The summed E-state index contributed by atoms with van der Waals surface area (Å²) in [4.78, 5) is 12.6. The summed E-state index contributed by atoms with van der Waals surface area (Å²) in [6.07, 6.45) is 1.81. The maximum Gasteiger partial charge on any atom is 0.234 e. The van der Waals surface area contributed by atoms with E-state index in [2.05, 4.69) is 68.0 Å². The van der Waals surface area contributed by atoms with Gasteiger partial charge < -0.3 is 5.32 Å². The predicted molar refractivity (Wildman–Crippen MR) is 125 cm³/mol. The molecule has 0 aliphatic heterocycles. The van der Waals surface area contributed by atoms with Crippen molar-refractivity contribution in [3.63, 3.8) is 0 Å². The first-order valence-electron chi connectivity index (χ1n) is 9.93. The normalized spacial score (nSPS) is 11.3. The Balaban J connectivity index is 1.74. The summed E-state index contributed by atoms with van der Waals surface area (Å²) >= 11 is 1.38. The van der Waals surface area contributed by atoms with Gasteiger partial charge in [-0.2, -0.15) is 0 Å². The zero-order valence-corrected chi connectivity index (χ0v) is 18.8. The fourth-order valence-corrected chi connectivity index (χ4v) is 3.92. The Hall–Kier alpha value is -2.86. The van der Waals surface area contributed by atoms with Crippen LogP contribution in [0.3, 0.4) is 0 Å². The molecule has 0 spiro atoms. The number of benzene rings is 2. The van der Waals surface area contributed by atoms with Crippen molar-refractivity contribution in [1.29, 1.82) is 0 Å². The first-order chi connectivity index (χ1) is 14.3. The summed E-state index contributed by atoms with van der Waals surface area (Å²) in [5, 5.41) is 12.4. The van der Waals surface area contributed by atoms with Crippen LogP contribution in [0.5, 0.6) is 0 Å². The number of carbonyl (C=O) groups excluding carboxylic acids is 1. The molecule has 0 aliphatic carbocycles. The van der Waals surface area contributed by atoms with Crippen LogP contribution in [-0.4, -0.2) is 26.4 Å². The molecule has 0 saturated carbocycles. The van der Waals surface area contributed by atoms with Crippen LogP contribution in [0.1, 0.15) is 31.9 Å². The number of amides is 1. The van der Waals surface area contributed by atoms with Gasteiger partial charge in [0.15, 0.2) is 11.0 Å². The van der Waals surface area contributed by atoms with E-state index in [9.17, 15) is 4.79 Å². The van der Waals surface area contributed by atoms with Gasteiger partial charge in [-0.3, -0.25) is 9.36 Å². The Morgan fingerprint density at radius 2 is 1.83 bits per heavy atom. The van der Waals surface area contributed by atoms with Crippen LogP contribution in [0.25, 0.3) is 11.4 Å². The summed E-state index contributed by atoms with van der Waals surface area (Å²) < 4.78 is 1.98. The predicted octanol–water partition coefficient (Wildman–Crippen LogP) is 5.47. The molecule has 3 rings (SSSR count). The molecule has 0 aliphatic rings. The number of aryl methyl sites for hydroxylation is 1. The van der Waals surface area contributed by atoms with Gasteiger partial charge in [0.05, 0.1) is 5.75 Å². The minimum absolute atomic E-state index is 0.0515. The Bertz CT molecular complexity index is 1030. The Labute approximate surface area is 182 Å². The quantitative estimate of drug-likeness (QED) is 0.407. The summed E-state index contributed by atoms with van der Waals surface area (Å²) in [6.45, 7) is 12.9. The van der Waals surface area contributed by atoms with Crippen molar-refractivity contribution in [3.8, 4) is 11.4 Å². The number of aromatic nitrogens is 3. The zero-order valence-electron chi connectivity index (χ0n) is 18.0. The van der Waals surface area contributed by atoms with Crippen molar-refractivity contribution in [1.82, 2.24) is 14.8 Å². The average molecular weight is 421 g/mol. The molecule has 1 heterocycles. The molecule has 0 radical (unpaired) electrons. The topological polar surface area (TPSA) is 59.8 Å². The van der Waals surface area contributed by atoms with E-state index in [1.165, 1.54) is 17.3 Å². The molecule has 1 amide bonds. The fraction of sp³-hybridized carbons (Fsp3) is 0.292. The molecule has 6 heteroatoms. The summed E-state index contributed by atoms with van der Waals surface area (Å²) in [5.41, 5.74) is 4.09. The Kier molecular flexibility index (Phi) is 6.77. The fourth-order valence-electron chi connectivity index (χ4n) is 3.17. The number of hydrogen-bond donors (Lipinski definition) is 1. The van der Waals surface area contributed by atoms with Crippen molar-refractivity contribution in [2.75, 3.05) is 11.1 Å². The van der Waals surface area contributed by atoms with Crippen molar-refractivity contribution in [2.24, 2.45) is 0 Å². The van der Waals surface area contributed by atoms with Gasteiger partial charge in [-0.05, 0) is 24.0 Å². The van der Waals surface area contributed by atoms with Crippen LogP contribution >= 0.6 is 11.8 Å². The van der Waals surface area contributed by atoms with E-state index in [0.717, 1.165) is 22.6 Å². The van der Waals surface area contributed by atoms with E-state index >= 15 is 0 Å². The number of thioether (sulfide) groups is 1. The second kappa shape index (κ2) is 9.30. The number of allylic oxidation sites excluding steroid dienone is 1. The van der Waals surface area contributed by atoms with Gasteiger partial charge in [-0.15, -0.1) is 16.8 Å². The van der Waals surface area contributed by atoms with E-state index in [-0.39, 0.29) is 17.1 Å². The van der Waals surface area contributed by atoms with Gasteiger partial charge in [-0.1, -0.05) is 86.6 Å². The molecule has 3 aromatic rings. The number of nitrogens with zero attached hydrogens (tertiary/aromatic N) is 3. The van der Waals surface area contributed by atoms with E-state index in [1.54, 1.807) is 0 Å². The maximum absolute atomic E-state index is 12.6. The van der Waals surface area contributed by atoms with Gasteiger partial charge in [0.2, 0.25) is 5.91 Å². The van der Waals surface area contributed by atoms with Crippen LogP contribution in [0, 0.1) is 6.92 Å². The third kappa shape index (κ3) is 5.19. The molecule has 0 atom stereocenters. The van der Waals surface area contributed by atoms with Crippen LogP contribution in [-0.2, 0) is 16.8 Å². The van der Waals surface area contributed by atoms with Gasteiger partial charge in [0.1, 0.15) is 0 Å². The highest BCUT2D eigenvalue weighted by Gasteiger charge is 2.19. The number of nitrogens with one attached hydrogen (secondary N) is 1. The molecule has 1 aromatic heterocycles. The second-order valence-corrected chi connectivity index (χ2v) is 9.15. The molecule has 156 valence electrons. The third-order valence-corrected chi connectivity index (χ3v) is 5.65. The number of rotatable bonds is 7. The molecule has 0 unspecified atom stereocenters. The summed E-state index contributed by atoms with van der Waals surface area (Å²) in [6, 6.07) is 16.1. The zero-order chi connectivity index (χ0) is 21.7. The smallest absolute Gasteiger partial charge is 0.234 e. The van der Waals surface area contributed by atoms with Gasteiger partial charge in [-0.25, -0.2) is 0 Å². The van der Waals surface area contributed by atoms with Crippen molar-refractivity contribution in [3.05, 3.63) is 72.3 Å². The minimum atomic E-state index is -0.0678. The van der Waals surface area contributed by atoms with Gasteiger partial charge in [0.25, 0.3) is 0 Å². The lowest BCUT2D eigenvalue weighted by Gasteiger charge is -2.22. The van der Waals surface area contributed by atoms with Crippen molar-refractivity contribution in [2.45, 2.75) is 44.8 Å². The number of hydrogen-bond acceptors (Lipinski definition) is 4. The van der Waals surface area contributed by atoms with Gasteiger partial charge in [0, 0.05) is 17.8 Å². The second-order valence-electron chi connectivity index (χ2n) is 8.20. The van der Waals surface area contributed by atoms with Crippen LogP contribution in [0.2, 0.25) is 0 Å². The van der Waals surface area contributed by atoms with Crippen molar-refractivity contribution < 1.29 is 4.79 Å². The maximum atomic E-state index is 12.6. The van der Waals surface area contributed by atoms with E-state index in [1.807, 2.05) is 41.0 Å². The van der Waals surface area contributed by atoms with Crippen LogP contribution in [0.4, 0.5) is 5.69 Å². The number of para-hydroxylation sites is 1. The Morgan fingerprint density at radius 1 is 1.13 bits per heavy atom. The molecule has 0 saturated heterocycles. The Morgan fingerprint density at radius 3 is 2.50 bits per heavy atom. The third-order valence-electron chi connectivity index (χ3n) is 4.68. The molecular formula is C24H28N4OS. The average Bonchev–Trinajstić information content (AvgIpc) is 3.09. The first-order valence-corrected chi connectivity index (χ1v) is 10.9.